The molecule has 0 spiro atoms. The SMILES string of the molecule is CC(C)(C)OCCOCCOCCOCCOCCN. The van der Waals surface area contributed by atoms with Crippen LogP contribution in [0.25, 0.3) is 0 Å². The van der Waals surface area contributed by atoms with Crippen molar-refractivity contribution in [3.05, 3.63) is 0 Å². The van der Waals surface area contributed by atoms with Crippen LogP contribution in [0.1, 0.15) is 20.8 Å². The van der Waals surface area contributed by atoms with Gasteiger partial charge in [0.25, 0.3) is 0 Å². The van der Waals surface area contributed by atoms with Crippen LogP contribution < -0.4 is 5.73 Å². The first-order chi connectivity index (χ1) is 9.56. The van der Waals surface area contributed by atoms with Crippen molar-refractivity contribution in [3.63, 3.8) is 0 Å². The standard InChI is InChI=1S/C14H31NO5/c1-14(2,3)20-13-12-19-11-10-18-9-8-17-7-6-16-5-4-15/h4-13,15H2,1-3H3. The van der Waals surface area contributed by atoms with E-state index in [1.807, 2.05) is 20.8 Å². The Labute approximate surface area is 122 Å². The van der Waals surface area contributed by atoms with Gasteiger partial charge in [0.15, 0.2) is 0 Å². The summed E-state index contributed by atoms with van der Waals surface area (Å²) in [6.07, 6.45) is 0. The molecule has 0 bridgehead atoms. The van der Waals surface area contributed by atoms with E-state index in [1.165, 1.54) is 0 Å². The van der Waals surface area contributed by atoms with Gasteiger partial charge in [0.1, 0.15) is 0 Å². The zero-order valence-electron chi connectivity index (χ0n) is 13.2. The lowest BCUT2D eigenvalue weighted by Gasteiger charge is -2.19. The molecule has 0 radical (unpaired) electrons. The highest BCUT2D eigenvalue weighted by molar-refractivity contribution is 4.57. The molecule has 0 aromatic heterocycles. The van der Waals surface area contributed by atoms with Crippen LogP contribution in [0.15, 0.2) is 0 Å². The Morgan fingerprint density at radius 2 is 0.950 bits per heavy atom. The van der Waals surface area contributed by atoms with Crippen LogP contribution in [0.4, 0.5) is 0 Å². The van der Waals surface area contributed by atoms with Crippen LogP contribution in [-0.4, -0.2) is 71.6 Å². The minimum atomic E-state index is -0.106. The van der Waals surface area contributed by atoms with Crippen LogP contribution >= 0.6 is 0 Å². The average molecular weight is 293 g/mol. The first-order valence-corrected chi connectivity index (χ1v) is 7.21. The maximum atomic E-state index is 5.52. The molecule has 122 valence electrons. The van der Waals surface area contributed by atoms with Crippen molar-refractivity contribution in [2.24, 2.45) is 5.73 Å². The third-order valence-corrected chi connectivity index (χ3v) is 2.14. The molecule has 6 heteroatoms. The number of rotatable bonds is 14. The Balaban J connectivity index is 2.99. The molecule has 0 amide bonds. The summed E-state index contributed by atoms with van der Waals surface area (Å²) in [6.45, 7) is 11.8. The molecule has 0 aliphatic heterocycles. The Morgan fingerprint density at radius 3 is 1.30 bits per heavy atom. The summed E-state index contributed by atoms with van der Waals surface area (Å²) in [5.41, 5.74) is 5.18. The van der Waals surface area contributed by atoms with Gasteiger partial charge in [0, 0.05) is 6.54 Å². The highest BCUT2D eigenvalue weighted by atomic mass is 16.6. The van der Waals surface area contributed by atoms with Gasteiger partial charge in [-0.3, -0.25) is 0 Å². The van der Waals surface area contributed by atoms with E-state index in [4.69, 9.17) is 29.4 Å². The molecule has 20 heavy (non-hydrogen) atoms. The molecular weight excluding hydrogens is 262 g/mol. The van der Waals surface area contributed by atoms with Crippen LogP contribution in [-0.2, 0) is 23.7 Å². The summed E-state index contributed by atoms with van der Waals surface area (Å²) in [4.78, 5) is 0. The summed E-state index contributed by atoms with van der Waals surface area (Å²) in [5.74, 6) is 0. The van der Waals surface area contributed by atoms with Crippen molar-refractivity contribution in [2.75, 3.05) is 66.0 Å². The Kier molecular flexibility index (Phi) is 13.6. The van der Waals surface area contributed by atoms with E-state index in [2.05, 4.69) is 0 Å². The maximum absolute atomic E-state index is 5.52. The van der Waals surface area contributed by atoms with Crippen LogP contribution in [0, 0.1) is 0 Å². The zero-order valence-corrected chi connectivity index (χ0v) is 13.2. The fourth-order valence-electron chi connectivity index (χ4n) is 1.25. The molecule has 0 rings (SSSR count). The quantitative estimate of drug-likeness (QED) is 0.478. The molecule has 2 N–H and O–H groups in total. The van der Waals surface area contributed by atoms with Gasteiger partial charge in [-0.2, -0.15) is 0 Å². The van der Waals surface area contributed by atoms with Crippen LogP contribution in [0.3, 0.4) is 0 Å². The smallest absolute Gasteiger partial charge is 0.0707 e. The van der Waals surface area contributed by atoms with Crippen molar-refractivity contribution in [3.8, 4) is 0 Å². The van der Waals surface area contributed by atoms with E-state index in [0.29, 0.717) is 66.0 Å². The summed E-state index contributed by atoms with van der Waals surface area (Å²) < 4.78 is 26.7. The van der Waals surface area contributed by atoms with Gasteiger partial charge in [-0.25, -0.2) is 0 Å². The monoisotopic (exact) mass is 293 g/mol. The van der Waals surface area contributed by atoms with Gasteiger partial charge in [0.2, 0.25) is 0 Å². The second-order valence-corrected chi connectivity index (χ2v) is 5.20. The second kappa shape index (κ2) is 13.7. The third kappa shape index (κ3) is 17.8. The number of hydrogen-bond acceptors (Lipinski definition) is 6. The maximum Gasteiger partial charge on any atom is 0.0707 e. The Morgan fingerprint density at radius 1 is 0.600 bits per heavy atom. The van der Waals surface area contributed by atoms with Crippen molar-refractivity contribution in [1.29, 1.82) is 0 Å². The molecule has 0 aromatic carbocycles. The van der Waals surface area contributed by atoms with Gasteiger partial charge in [-0.1, -0.05) is 0 Å². The first-order valence-electron chi connectivity index (χ1n) is 7.21. The van der Waals surface area contributed by atoms with E-state index in [9.17, 15) is 0 Å². The first kappa shape index (κ1) is 19.8. The topological polar surface area (TPSA) is 72.2 Å². The highest BCUT2D eigenvalue weighted by Gasteiger charge is 2.08. The lowest BCUT2D eigenvalue weighted by Crippen LogP contribution is -2.22. The van der Waals surface area contributed by atoms with Gasteiger partial charge in [0.05, 0.1) is 65.1 Å². The lowest BCUT2D eigenvalue weighted by atomic mass is 10.2. The van der Waals surface area contributed by atoms with Gasteiger partial charge >= 0.3 is 0 Å². The molecule has 0 saturated carbocycles. The molecule has 6 nitrogen and oxygen atoms in total. The molecule has 0 aromatic rings. The summed E-state index contributed by atoms with van der Waals surface area (Å²) in [7, 11) is 0. The molecule has 0 atom stereocenters. The molecule has 0 saturated heterocycles. The Hall–Kier alpha value is -0.240. The normalized spacial score (nSPS) is 12.0. The van der Waals surface area contributed by atoms with E-state index < -0.39 is 0 Å². The molecule has 0 unspecified atom stereocenters. The average Bonchev–Trinajstić information content (AvgIpc) is 2.38. The van der Waals surface area contributed by atoms with Gasteiger partial charge in [-0.15, -0.1) is 0 Å². The molecule has 0 aliphatic rings. The van der Waals surface area contributed by atoms with E-state index >= 15 is 0 Å². The van der Waals surface area contributed by atoms with Crippen molar-refractivity contribution < 1.29 is 23.7 Å². The van der Waals surface area contributed by atoms with E-state index in [-0.39, 0.29) is 5.60 Å². The fraction of sp³-hybridized carbons (Fsp3) is 1.00. The second-order valence-electron chi connectivity index (χ2n) is 5.20. The number of hydrogen-bond donors (Lipinski definition) is 1. The fourth-order valence-corrected chi connectivity index (χ4v) is 1.25. The van der Waals surface area contributed by atoms with Crippen molar-refractivity contribution in [1.82, 2.24) is 0 Å². The Bertz CT molecular complexity index is 196. The predicted octanol–water partition coefficient (Wildman–Crippen LogP) is 0.827. The van der Waals surface area contributed by atoms with E-state index in [0.717, 1.165) is 0 Å². The molecule has 0 aliphatic carbocycles. The van der Waals surface area contributed by atoms with Gasteiger partial charge in [-0.05, 0) is 20.8 Å². The zero-order chi connectivity index (χ0) is 15.1. The van der Waals surface area contributed by atoms with Crippen LogP contribution in [0.5, 0.6) is 0 Å². The van der Waals surface area contributed by atoms with Gasteiger partial charge < -0.3 is 29.4 Å². The minimum Gasteiger partial charge on any atom is -0.378 e. The lowest BCUT2D eigenvalue weighted by molar-refractivity contribution is -0.0459. The summed E-state index contributed by atoms with van der Waals surface area (Å²) >= 11 is 0. The third-order valence-electron chi connectivity index (χ3n) is 2.14. The number of ether oxygens (including phenoxy) is 5. The molecule has 0 fully saturated rings. The van der Waals surface area contributed by atoms with Crippen molar-refractivity contribution >= 4 is 0 Å². The summed E-state index contributed by atoms with van der Waals surface area (Å²) in [6, 6.07) is 0. The number of nitrogens with two attached hydrogens (primary N) is 1. The van der Waals surface area contributed by atoms with Crippen LogP contribution in [0.2, 0.25) is 0 Å². The van der Waals surface area contributed by atoms with E-state index in [1.54, 1.807) is 0 Å². The largest absolute Gasteiger partial charge is 0.378 e. The molecule has 0 heterocycles. The predicted molar refractivity (Wildman–Crippen MR) is 78.0 cm³/mol. The molecular formula is C14H31NO5. The summed E-state index contributed by atoms with van der Waals surface area (Å²) in [5, 5.41) is 0. The minimum absolute atomic E-state index is 0.106. The van der Waals surface area contributed by atoms with Crippen molar-refractivity contribution in [2.45, 2.75) is 26.4 Å². The highest BCUT2D eigenvalue weighted by Crippen LogP contribution is 2.05.